The second kappa shape index (κ2) is 5.88. The summed E-state index contributed by atoms with van der Waals surface area (Å²) >= 11 is 4.25. The van der Waals surface area contributed by atoms with E-state index in [1.807, 2.05) is 42.7 Å². The molecular formula is C17H14N2S. The number of thiol groups is 1. The van der Waals surface area contributed by atoms with Gasteiger partial charge in [0, 0.05) is 29.3 Å². The molecule has 1 heterocycles. The van der Waals surface area contributed by atoms with E-state index in [2.05, 4.69) is 46.9 Å². The highest BCUT2D eigenvalue weighted by atomic mass is 32.1. The number of aromatic nitrogens is 2. The van der Waals surface area contributed by atoms with Crippen LogP contribution in [0.3, 0.4) is 0 Å². The minimum absolute atomic E-state index is 0.744. The smallest absolute Gasteiger partial charge is 0.159 e. The Kier molecular flexibility index (Phi) is 3.79. The maximum atomic E-state index is 4.45. The van der Waals surface area contributed by atoms with Crippen molar-refractivity contribution >= 4 is 12.6 Å². The van der Waals surface area contributed by atoms with Crippen molar-refractivity contribution in [2.24, 2.45) is 0 Å². The molecule has 3 rings (SSSR count). The normalized spacial score (nSPS) is 10.4. The number of nitrogens with zero attached hydrogens (tertiary/aromatic N) is 2. The molecule has 0 saturated carbocycles. The Hall–Kier alpha value is -2.13. The Balaban J connectivity index is 1.89. The van der Waals surface area contributed by atoms with Gasteiger partial charge >= 0.3 is 0 Å². The first-order chi connectivity index (χ1) is 9.86. The SMILES string of the molecule is SCc1ccc(-c2ncc(-c3ccccc3)cn2)cc1. The molecule has 20 heavy (non-hydrogen) atoms. The second-order valence-electron chi connectivity index (χ2n) is 4.52. The predicted molar refractivity (Wildman–Crippen MR) is 85.6 cm³/mol. The quantitative estimate of drug-likeness (QED) is 0.725. The molecule has 0 radical (unpaired) electrons. The molecule has 1 aromatic heterocycles. The highest BCUT2D eigenvalue weighted by molar-refractivity contribution is 7.79. The third kappa shape index (κ3) is 2.73. The summed E-state index contributed by atoms with van der Waals surface area (Å²) in [7, 11) is 0. The zero-order valence-electron chi connectivity index (χ0n) is 10.9. The Morgan fingerprint density at radius 3 is 1.95 bits per heavy atom. The zero-order chi connectivity index (χ0) is 13.8. The van der Waals surface area contributed by atoms with Gasteiger partial charge in [-0.25, -0.2) is 9.97 Å². The van der Waals surface area contributed by atoms with E-state index in [0.29, 0.717) is 0 Å². The monoisotopic (exact) mass is 278 g/mol. The number of rotatable bonds is 3. The van der Waals surface area contributed by atoms with Crippen molar-refractivity contribution in [1.82, 2.24) is 9.97 Å². The summed E-state index contributed by atoms with van der Waals surface area (Å²) in [6, 6.07) is 18.3. The molecule has 0 unspecified atom stereocenters. The van der Waals surface area contributed by atoms with Gasteiger partial charge in [-0.15, -0.1) is 0 Å². The van der Waals surface area contributed by atoms with Crippen LogP contribution in [0.2, 0.25) is 0 Å². The average Bonchev–Trinajstić information content (AvgIpc) is 2.56. The maximum absolute atomic E-state index is 4.45. The number of hydrogen-bond donors (Lipinski definition) is 1. The van der Waals surface area contributed by atoms with Crippen LogP contribution >= 0.6 is 12.6 Å². The second-order valence-corrected chi connectivity index (χ2v) is 4.83. The number of benzene rings is 2. The standard InChI is InChI=1S/C17H14N2S/c20-12-13-6-8-15(9-7-13)17-18-10-16(11-19-17)14-4-2-1-3-5-14/h1-11,20H,12H2. The minimum atomic E-state index is 0.744. The first-order valence-electron chi connectivity index (χ1n) is 6.44. The van der Waals surface area contributed by atoms with Crippen molar-refractivity contribution in [3.8, 4) is 22.5 Å². The van der Waals surface area contributed by atoms with Crippen molar-refractivity contribution in [2.45, 2.75) is 5.75 Å². The lowest BCUT2D eigenvalue weighted by atomic mass is 10.1. The van der Waals surface area contributed by atoms with E-state index in [0.717, 1.165) is 28.3 Å². The van der Waals surface area contributed by atoms with Gasteiger partial charge in [0.1, 0.15) is 0 Å². The van der Waals surface area contributed by atoms with Crippen LogP contribution in [0.15, 0.2) is 67.0 Å². The Morgan fingerprint density at radius 1 is 0.700 bits per heavy atom. The third-order valence-corrected chi connectivity index (χ3v) is 3.52. The van der Waals surface area contributed by atoms with E-state index in [4.69, 9.17) is 0 Å². The molecule has 0 saturated heterocycles. The summed E-state index contributed by atoms with van der Waals surface area (Å²) in [6.07, 6.45) is 3.73. The van der Waals surface area contributed by atoms with E-state index in [1.54, 1.807) is 0 Å². The molecule has 2 nitrogen and oxygen atoms in total. The molecule has 0 amide bonds. The van der Waals surface area contributed by atoms with Crippen LogP contribution in [0.5, 0.6) is 0 Å². The Labute approximate surface area is 124 Å². The zero-order valence-corrected chi connectivity index (χ0v) is 11.8. The van der Waals surface area contributed by atoms with Gasteiger partial charge in [-0.2, -0.15) is 12.6 Å². The molecular weight excluding hydrogens is 264 g/mol. The fourth-order valence-corrected chi connectivity index (χ4v) is 2.23. The highest BCUT2D eigenvalue weighted by Gasteiger charge is 2.02. The first kappa shape index (κ1) is 12.9. The predicted octanol–water partition coefficient (Wildman–Crippen LogP) is 4.24. The lowest BCUT2D eigenvalue weighted by molar-refractivity contribution is 1.18. The molecule has 0 spiro atoms. The summed E-state index contributed by atoms with van der Waals surface area (Å²) in [5.74, 6) is 1.49. The summed E-state index contributed by atoms with van der Waals surface area (Å²) in [5, 5.41) is 0. The van der Waals surface area contributed by atoms with E-state index in [9.17, 15) is 0 Å². The van der Waals surface area contributed by atoms with Crippen molar-refractivity contribution in [2.75, 3.05) is 0 Å². The lowest BCUT2D eigenvalue weighted by Crippen LogP contribution is -1.90. The largest absolute Gasteiger partial charge is 0.236 e. The third-order valence-electron chi connectivity index (χ3n) is 3.15. The molecule has 0 aliphatic carbocycles. The minimum Gasteiger partial charge on any atom is -0.236 e. The van der Waals surface area contributed by atoms with Crippen LogP contribution in [0.25, 0.3) is 22.5 Å². The van der Waals surface area contributed by atoms with Crippen LogP contribution < -0.4 is 0 Å². The van der Waals surface area contributed by atoms with Crippen molar-refractivity contribution in [3.05, 3.63) is 72.6 Å². The summed E-state index contributed by atoms with van der Waals surface area (Å²) in [5.41, 5.74) is 4.37. The van der Waals surface area contributed by atoms with E-state index in [1.165, 1.54) is 5.56 Å². The lowest BCUT2D eigenvalue weighted by Gasteiger charge is -2.04. The van der Waals surface area contributed by atoms with Crippen molar-refractivity contribution in [1.29, 1.82) is 0 Å². The first-order valence-corrected chi connectivity index (χ1v) is 7.08. The van der Waals surface area contributed by atoms with Gasteiger partial charge in [-0.3, -0.25) is 0 Å². The molecule has 0 aliphatic rings. The van der Waals surface area contributed by atoms with Gasteiger partial charge in [-0.1, -0.05) is 54.6 Å². The molecule has 0 fully saturated rings. The van der Waals surface area contributed by atoms with Crippen LogP contribution in [-0.2, 0) is 5.75 Å². The van der Waals surface area contributed by atoms with Gasteiger partial charge in [-0.05, 0) is 11.1 Å². The fourth-order valence-electron chi connectivity index (χ4n) is 2.02. The molecule has 0 bridgehead atoms. The average molecular weight is 278 g/mol. The Morgan fingerprint density at radius 2 is 1.35 bits per heavy atom. The molecule has 0 atom stereocenters. The molecule has 3 aromatic rings. The molecule has 3 heteroatoms. The van der Waals surface area contributed by atoms with Crippen LogP contribution in [0.1, 0.15) is 5.56 Å². The topological polar surface area (TPSA) is 25.8 Å². The van der Waals surface area contributed by atoms with Gasteiger partial charge < -0.3 is 0 Å². The summed E-state index contributed by atoms with van der Waals surface area (Å²) in [4.78, 5) is 8.90. The van der Waals surface area contributed by atoms with E-state index >= 15 is 0 Å². The van der Waals surface area contributed by atoms with Crippen molar-refractivity contribution < 1.29 is 0 Å². The van der Waals surface area contributed by atoms with Gasteiger partial charge in [0.25, 0.3) is 0 Å². The molecule has 98 valence electrons. The fraction of sp³-hybridized carbons (Fsp3) is 0.0588. The highest BCUT2D eigenvalue weighted by Crippen LogP contribution is 2.20. The van der Waals surface area contributed by atoms with E-state index < -0.39 is 0 Å². The van der Waals surface area contributed by atoms with E-state index in [-0.39, 0.29) is 0 Å². The molecule has 0 aliphatic heterocycles. The Bertz CT molecular complexity index is 676. The van der Waals surface area contributed by atoms with Gasteiger partial charge in [0.2, 0.25) is 0 Å². The number of hydrogen-bond acceptors (Lipinski definition) is 3. The van der Waals surface area contributed by atoms with Crippen molar-refractivity contribution in [3.63, 3.8) is 0 Å². The van der Waals surface area contributed by atoms with Crippen LogP contribution in [0, 0.1) is 0 Å². The van der Waals surface area contributed by atoms with Gasteiger partial charge in [0.15, 0.2) is 5.82 Å². The maximum Gasteiger partial charge on any atom is 0.159 e. The van der Waals surface area contributed by atoms with Crippen LogP contribution in [0.4, 0.5) is 0 Å². The molecule has 0 N–H and O–H groups in total. The van der Waals surface area contributed by atoms with Gasteiger partial charge in [0.05, 0.1) is 0 Å². The van der Waals surface area contributed by atoms with Crippen LogP contribution in [-0.4, -0.2) is 9.97 Å². The molecule has 2 aromatic carbocycles. The summed E-state index contributed by atoms with van der Waals surface area (Å²) in [6.45, 7) is 0. The summed E-state index contributed by atoms with van der Waals surface area (Å²) < 4.78 is 0.